The van der Waals surface area contributed by atoms with Gasteiger partial charge in [-0.25, -0.2) is 14.4 Å². The quantitative estimate of drug-likeness (QED) is 0.221. The van der Waals surface area contributed by atoms with Gasteiger partial charge in [0.05, 0.1) is 12.7 Å². The van der Waals surface area contributed by atoms with Gasteiger partial charge in [-0.15, -0.1) is 11.8 Å². The number of hydrogen-bond donors (Lipinski definition) is 2. The van der Waals surface area contributed by atoms with E-state index < -0.39 is 29.7 Å². The van der Waals surface area contributed by atoms with Gasteiger partial charge in [0, 0.05) is 16.3 Å². The summed E-state index contributed by atoms with van der Waals surface area (Å²) in [7, 11) is 1.23. The number of ether oxygens (including phenoxy) is 3. The molecule has 0 heterocycles. The summed E-state index contributed by atoms with van der Waals surface area (Å²) in [6.45, 7) is 8.74. The van der Waals surface area contributed by atoms with Crippen molar-refractivity contribution in [3.05, 3.63) is 36.4 Å². The average Bonchev–Trinajstić information content (AvgIpc) is 2.61. The molecule has 0 aliphatic rings. The van der Waals surface area contributed by atoms with Crippen molar-refractivity contribution in [2.75, 3.05) is 25.2 Å². The number of esters is 2. The summed E-state index contributed by atoms with van der Waals surface area (Å²) < 4.78 is 14.8. The SMILES string of the molecule is C=CCOC(=O)c1ccc(SC[C@@H](NC(=O)OC(C)(C)C)C(=O)OC)c(N)c1. The number of benzene rings is 1. The molecule has 1 atom stereocenters. The van der Waals surface area contributed by atoms with Gasteiger partial charge in [0.1, 0.15) is 18.2 Å². The van der Waals surface area contributed by atoms with Gasteiger partial charge >= 0.3 is 18.0 Å². The second kappa shape index (κ2) is 10.6. The molecule has 8 nitrogen and oxygen atoms in total. The third-order valence-electron chi connectivity index (χ3n) is 3.16. The van der Waals surface area contributed by atoms with Crippen molar-refractivity contribution in [2.45, 2.75) is 37.3 Å². The number of alkyl carbamates (subject to hydrolysis) is 1. The minimum Gasteiger partial charge on any atom is -0.467 e. The highest BCUT2D eigenvalue weighted by Crippen LogP contribution is 2.27. The Bertz CT molecular complexity index is 730. The first kappa shape index (κ1) is 23.4. The van der Waals surface area contributed by atoms with Crippen LogP contribution in [0, 0.1) is 0 Å². The zero-order valence-electron chi connectivity index (χ0n) is 16.4. The Balaban J connectivity index is 2.78. The van der Waals surface area contributed by atoms with Crippen LogP contribution in [-0.4, -0.2) is 49.1 Å². The third-order valence-corrected chi connectivity index (χ3v) is 4.34. The Kier molecular flexibility index (Phi) is 8.84. The summed E-state index contributed by atoms with van der Waals surface area (Å²) in [5.74, 6) is -0.958. The van der Waals surface area contributed by atoms with Crippen LogP contribution in [0.25, 0.3) is 0 Å². The number of rotatable bonds is 8. The molecule has 28 heavy (non-hydrogen) atoms. The molecule has 0 aliphatic heterocycles. The van der Waals surface area contributed by atoms with E-state index in [-0.39, 0.29) is 12.4 Å². The smallest absolute Gasteiger partial charge is 0.408 e. The van der Waals surface area contributed by atoms with Gasteiger partial charge in [-0.3, -0.25) is 0 Å². The van der Waals surface area contributed by atoms with Crippen molar-refractivity contribution in [1.82, 2.24) is 5.32 Å². The molecule has 0 aliphatic carbocycles. The number of nitrogen functional groups attached to an aromatic ring is 1. The van der Waals surface area contributed by atoms with Gasteiger partial charge in [-0.2, -0.15) is 0 Å². The fourth-order valence-electron chi connectivity index (χ4n) is 1.96. The molecule has 0 radical (unpaired) electrons. The van der Waals surface area contributed by atoms with E-state index in [2.05, 4.69) is 11.9 Å². The number of nitrogens with one attached hydrogen (secondary N) is 1. The summed E-state index contributed by atoms with van der Waals surface area (Å²) >= 11 is 1.23. The van der Waals surface area contributed by atoms with Crippen LogP contribution in [-0.2, 0) is 19.0 Å². The van der Waals surface area contributed by atoms with Gasteiger partial charge in [0.25, 0.3) is 0 Å². The fourth-order valence-corrected chi connectivity index (χ4v) is 2.91. The van der Waals surface area contributed by atoms with E-state index in [1.54, 1.807) is 32.9 Å². The van der Waals surface area contributed by atoms with Crippen LogP contribution in [0.15, 0.2) is 35.7 Å². The molecule has 1 amide bonds. The fraction of sp³-hybridized carbons (Fsp3) is 0.421. The molecule has 0 saturated heterocycles. The normalized spacial score (nSPS) is 11.9. The lowest BCUT2D eigenvalue weighted by atomic mass is 10.2. The van der Waals surface area contributed by atoms with Crippen molar-refractivity contribution in [3.63, 3.8) is 0 Å². The number of carbonyl (C=O) groups is 3. The van der Waals surface area contributed by atoms with E-state index in [0.717, 1.165) is 0 Å². The topological polar surface area (TPSA) is 117 Å². The number of methoxy groups -OCH3 is 1. The van der Waals surface area contributed by atoms with Crippen LogP contribution in [0.1, 0.15) is 31.1 Å². The van der Waals surface area contributed by atoms with Gasteiger partial charge in [-0.1, -0.05) is 12.7 Å². The maximum Gasteiger partial charge on any atom is 0.408 e. The number of amides is 1. The molecule has 0 fully saturated rings. The molecule has 0 spiro atoms. The molecular weight excluding hydrogens is 384 g/mol. The summed E-state index contributed by atoms with van der Waals surface area (Å²) in [5.41, 5.74) is 5.95. The molecule has 1 rings (SSSR count). The molecule has 1 aromatic carbocycles. The van der Waals surface area contributed by atoms with Crippen LogP contribution < -0.4 is 11.1 Å². The van der Waals surface area contributed by atoms with Gasteiger partial charge in [-0.05, 0) is 39.0 Å². The van der Waals surface area contributed by atoms with Crippen LogP contribution in [0.2, 0.25) is 0 Å². The first-order valence-corrected chi connectivity index (χ1v) is 9.43. The third kappa shape index (κ3) is 7.91. The Labute approximate surface area is 168 Å². The maximum atomic E-state index is 12.0. The second-order valence-corrected chi connectivity index (χ2v) is 7.73. The van der Waals surface area contributed by atoms with Crippen molar-refractivity contribution >= 4 is 35.5 Å². The Morgan fingerprint density at radius 2 is 2.00 bits per heavy atom. The monoisotopic (exact) mass is 410 g/mol. The van der Waals surface area contributed by atoms with E-state index in [1.165, 1.54) is 31.0 Å². The molecule has 0 bridgehead atoms. The predicted molar refractivity (Wildman–Crippen MR) is 107 cm³/mol. The van der Waals surface area contributed by atoms with Crippen molar-refractivity contribution in [1.29, 1.82) is 0 Å². The average molecular weight is 410 g/mol. The molecular formula is C19H26N2O6S. The van der Waals surface area contributed by atoms with Gasteiger partial charge in [0.2, 0.25) is 0 Å². The van der Waals surface area contributed by atoms with E-state index >= 15 is 0 Å². The maximum absolute atomic E-state index is 12.0. The minimum absolute atomic E-state index is 0.104. The Morgan fingerprint density at radius 1 is 1.32 bits per heavy atom. The zero-order valence-corrected chi connectivity index (χ0v) is 17.3. The van der Waals surface area contributed by atoms with Crippen LogP contribution in [0.5, 0.6) is 0 Å². The lowest BCUT2D eigenvalue weighted by Gasteiger charge is -2.22. The summed E-state index contributed by atoms with van der Waals surface area (Å²) in [6, 6.07) is 3.77. The molecule has 0 unspecified atom stereocenters. The predicted octanol–water partition coefficient (Wildman–Crippen LogP) is 2.77. The number of hydrogen-bond acceptors (Lipinski definition) is 8. The highest BCUT2D eigenvalue weighted by molar-refractivity contribution is 7.99. The van der Waals surface area contributed by atoms with Crippen LogP contribution >= 0.6 is 11.8 Å². The van der Waals surface area contributed by atoms with E-state index in [0.29, 0.717) is 16.1 Å². The molecule has 3 N–H and O–H groups in total. The summed E-state index contributed by atoms with van der Waals surface area (Å²) in [4.78, 5) is 36.4. The zero-order chi connectivity index (χ0) is 21.3. The van der Waals surface area contributed by atoms with E-state index in [4.69, 9.17) is 19.9 Å². The lowest BCUT2D eigenvalue weighted by molar-refractivity contribution is -0.142. The van der Waals surface area contributed by atoms with Crippen molar-refractivity contribution in [3.8, 4) is 0 Å². The summed E-state index contributed by atoms with van der Waals surface area (Å²) in [5, 5.41) is 2.49. The standard InChI is InChI=1S/C19H26N2O6S/c1-6-9-26-16(22)12-7-8-15(13(20)10-12)28-11-14(17(23)25-5)21-18(24)27-19(2,3)4/h6-8,10,14H,1,9,11,20H2,2-5H3,(H,21,24)/t14-/m1/s1. The Hall–Kier alpha value is -2.68. The first-order valence-electron chi connectivity index (χ1n) is 8.45. The Morgan fingerprint density at radius 3 is 2.54 bits per heavy atom. The molecule has 1 aromatic rings. The van der Waals surface area contributed by atoms with Gasteiger partial charge < -0.3 is 25.3 Å². The molecule has 9 heteroatoms. The number of thioether (sulfide) groups is 1. The molecule has 154 valence electrons. The highest BCUT2D eigenvalue weighted by atomic mass is 32.2. The van der Waals surface area contributed by atoms with E-state index in [9.17, 15) is 14.4 Å². The number of carbonyl (C=O) groups excluding carboxylic acids is 3. The largest absolute Gasteiger partial charge is 0.467 e. The van der Waals surface area contributed by atoms with Crippen LogP contribution in [0.3, 0.4) is 0 Å². The van der Waals surface area contributed by atoms with Gasteiger partial charge in [0.15, 0.2) is 0 Å². The minimum atomic E-state index is -0.929. The second-order valence-electron chi connectivity index (χ2n) is 6.67. The van der Waals surface area contributed by atoms with Crippen molar-refractivity contribution < 1.29 is 28.6 Å². The molecule has 0 aromatic heterocycles. The highest BCUT2D eigenvalue weighted by Gasteiger charge is 2.25. The van der Waals surface area contributed by atoms with Crippen LogP contribution in [0.4, 0.5) is 10.5 Å². The summed E-state index contributed by atoms with van der Waals surface area (Å²) in [6.07, 6.45) is 0.743. The number of nitrogens with two attached hydrogens (primary N) is 1. The first-order chi connectivity index (χ1) is 13.1. The number of anilines is 1. The van der Waals surface area contributed by atoms with Crippen molar-refractivity contribution in [2.24, 2.45) is 0 Å². The molecule has 0 saturated carbocycles. The van der Waals surface area contributed by atoms with E-state index in [1.807, 2.05) is 0 Å². The lowest BCUT2D eigenvalue weighted by Crippen LogP contribution is -2.45.